The normalized spacial score (nSPS) is 13.5. The molecule has 28 heavy (non-hydrogen) atoms. The van der Waals surface area contributed by atoms with Gasteiger partial charge in [-0.25, -0.2) is 0 Å². The summed E-state index contributed by atoms with van der Waals surface area (Å²) in [5.74, 6) is 1.29. The van der Waals surface area contributed by atoms with Crippen LogP contribution in [0.4, 0.5) is 0 Å². The van der Waals surface area contributed by atoms with Crippen LogP contribution in [0, 0.1) is 0 Å². The largest absolute Gasteiger partial charge is 0.294 e. The number of hydrogen-bond donors (Lipinski definition) is 1. The minimum Gasteiger partial charge on any atom is -0.282 e. The van der Waals surface area contributed by atoms with Crippen molar-refractivity contribution in [3.63, 3.8) is 0 Å². The van der Waals surface area contributed by atoms with Gasteiger partial charge in [-0.3, -0.25) is 4.55 Å². The van der Waals surface area contributed by atoms with Crippen molar-refractivity contribution in [1.82, 2.24) is 0 Å². The van der Waals surface area contributed by atoms with E-state index in [9.17, 15) is 8.42 Å². The van der Waals surface area contributed by atoms with Gasteiger partial charge in [-0.1, -0.05) is 82.3 Å². The van der Waals surface area contributed by atoms with Crippen LogP contribution >= 0.6 is 0 Å². The molecule has 0 fully saturated rings. The van der Waals surface area contributed by atoms with Gasteiger partial charge in [0, 0.05) is 0 Å². The summed E-state index contributed by atoms with van der Waals surface area (Å²) < 4.78 is 29.2. The summed E-state index contributed by atoms with van der Waals surface area (Å²) in [4.78, 5) is -0.0741. The van der Waals surface area contributed by atoms with E-state index in [0.717, 1.165) is 0 Å². The molecule has 0 saturated carbocycles. The predicted molar refractivity (Wildman–Crippen MR) is 118 cm³/mol. The van der Waals surface area contributed by atoms with Crippen LogP contribution < -0.4 is 0 Å². The van der Waals surface area contributed by atoms with Crippen molar-refractivity contribution in [2.45, 2.75) is 57.3 Å². The highest BCUT2D eigenvalue weighted by molar-refractivity contribution is 7.85. The van der Waals surface area contributed by atoms with Crippen LogP contribution in [-0.4, -0.2) is 13.0 Å². The summed E-state index contributed by atoms with van der Waals surface area (Å²) in [6.07, 6.45) is 2.42. The first-order valence-electron chi connectivity index (χ1n) is 9.83. The summed E-state index contributed by atoms with van der Waals surface area (Å²) in [5, 5.41) is 2.82. The molecule has 0 amide bonds. The fourth-order valence-corrected chi connectivity index (χ4v) is 3.81. The monoisotopic (exact) mass is 398 g/mol. The van der Waals surface area contributed by atoms with Gasteiger partial charge in [0.15, 0.2) is 0 Å². The van der Waals surface area contributed by atoms with E-state index < -0.39 is 10.1 Å². The Labute approximate surface area is 169 Å². The molecule has 3 aromatic rings. The molecule has 2 unspecified atom stereocenters. The van der Waals surface area contributed by atoms with Crippen LogP contribution in [0.1, 0.15) is 63.5 Å². The topological polar surface area (TPSA) is 54.4 Å². The zero-order valence-corrected chi connectivity index (χ0v) is 17.9. The lowest BCUT2D eigenvalue weighted by molar-refractivity contribution is 0.483. The Morgan fingerprint density at radius 3 is 1.89 bits per heavy atom. The maximum absolute atomic E-state index is 10.4. The summed E-state index contributed by atoms with van der Waals surface area (Å²) in [7, 11) is -4.00. The highest BCUT2D eigenvalue weighted by Crippen LogP contribution is 2.35. The molecule has 3 nitrogen and oxygen atoms in total. The molecule has 0 heterocycles. The Morgan fingerprint density at radius 2 is 1.36 bits per heavy atom. The molecule has 3 aromatic carbocycles. The van der Waals surface area contributed by atoms with Crippen LogP contribution in [0.5, 0.6) is 0 Å². The summed E-state index contributed by atoms with van der Waals surface area (Å²) >= 11 is 0. The Hall–Kier alpha value is -2.17. The number of hydrogen-bond acceptors (Lipinski definition) is 2. The predicted octanol–water partition coefficient (Wildman–Crippen LogP) is 6.80. The second kappa shape index (κ2) is 9.85. The van der Waals surface area contributed by atoms with Gasteiger partial charge in [0.05, 0.1) is 4.90 Å². The number of fused-ring (bicyclic) bond motifs is 1. The van der Waals surface area contributed by atoms with Crippen molar-refractivity contribution in [2.24, 2.45) is 0 Å². The van der Waals surface area contributed by atoms with Crippen molar-refractivity contribution in [1.29, 1.82) is 0 Å². The van der Waals surface area contributed by atoms with Gasteiger partial charge in [0.2, 0.25) is 0 Å². The summed E-state index contributed by atoms with van der Waals surface area (Å²) in [6, 6.07) is 20.8. The average molecular weight is 399 g/mol. The van der Waals surface area contributed by atoms with E-state index >= 15 is 0 Å². The van der Waals surface area contributed by atoms with E-state index in [1.165, 1.54) is 35.7 Å². The maximum Gasteiger partial charge on any atom is 0.294 e. The van der Waals surface area contributed by atoms with Crippen molar-refractivity contribution in [2.75, 3.05) is 0 Å². The van der Waals surface area contributed by atoms with Crippen LogP contribution in [0.2, 0.25) is 0 Å². The Morgan fingerprint density at radius 1 is 0.786 bits per heavy atom. The quantitative estimate of drug-likeness (QED) is 0.481. The van der Waals surface area contributed by atoms with Gasteiger partial charge in [-0.2, -0.15) is 8.42 Å². The van der Waals surface area contributed by atoms with Crippen LogP contribution in [-0.2, 0) is 10.1 Å². The van der Waals surface area contributed by atoms with Gasteiger partial charge in [0.1, 0.15) is 0 Å². The van der Waals surface area contributed by atoms with Crippen molar-refractivity contribution >= 4 is 20.9 Å². The Bertz CT molecular complexity index is 995. The number of rotatable bonds is 5. The zero-order chi connectivity index (χ0) is 20.7. The smallest absolute Gasteiger partial charge is 0.282 e. The van der Waals surface area contributed by atoms with Crippen molar-refractivity contribution < 1.29 is 13.0 Å². The molecular formula is C24H30O3S. The standard InChI is InChI=1S/C18H24.C6H6O3S/c1-5-13(3)16-12-11-15-9-7-8-10-17(15)18(16)14(4)6-2;7-10(8,9)6-4-2-1-3-5-6/h7-14H,5-6H2,1-4H3;1-5H,(H,7,8,9). The van der Waals surface area contributed by atoms with E-state index in [1.54, 1.807) is 29.3 Å². The lowest BCUT2D eigenvalue weighted by Gasteiger charge is -2.21. The first-order valence-corrected chi connectivity index (χ1v) is 11.3. The minimum atomic E-state index is -4.00. The Balaban J connectivity index is 0.000000237. The molecule has 0 saturated heterocycles. The molecule has 4 heteroatoms. The molecule has 2 atom stereocenters. The molecule has 0 spiro atoms. The van der Waals surface area contributed by atoms with Crippen molar-refractivity contribution in [3.8, 4) is 0 Å². The molecule has 0 aromatic heterocycles. The highest BCUT2D eigenvalue weighted by atomic mass is 32.2. The molecule has 1 N–H and O–H groups in total. The first-order chi connectivity index (χ1) is 13.3. The third-order valence-electron chi connectivity index (χ3n) is 5.29. The fraction of sp³-hybridized carbons (Fsp3) is 0.333. The third-order valence-corrected chi connectivity index (χ3v) is 6.16. The number of benzene rings is 3. The van der Waals surface area contributed by atoms with E-state index in [0.29, 0.717) is 11.8 Å². The van der Waals surface area contributed by atoms with Crippen molar-refractivity contribution in [3.05, 3.63) is 77.9 Å². The first kappa shape index (κ1) is 22.1. The molecule has 0 aliphatic heterocycles. The van der Waals surface area contributed by atoms with E-state index in [4.69, 9.17) is 4.55 Å². The highest BCUT2D eigenvalue weighted by Gasteiger charge is 2.16. The van der Waals surface area contributed by atoms with Gasteiger partial charge in [0.25, 0.3) is 10.1 Å². The molecule has 0 aliphatic rings. The van der Waals surface area contributed by atoms with E-state index in [-0.39, 0.29) is 4.90 Å². The second-order valence-corrected chi connectivity index (χ2v) is 8.62. The Kier molecular flexibility index (Phi) is 7.78. The summed E-state index contributed by atoms with van der Waals surface area (Å²) in [5.41, 5.74) is 3.12. The van der Waals surface area contributed by atoms with Gasteiger partial charge in [-0.05, 0) is 58.7 Å². The van der Waals surface area contributed by atoms with Crippen LogP contribution in [0.3, 0.4) is 0 Å². The molecule has 3 rings (SSSR count). The second-order valence-electron chi connectivity index (χ2n) is 7.20. The summed E-state index contributed by atoms with van der Waals surface area (Å²) in [6.45, 7) is 9.26. The lowest BCUT2D eigenvalue weighted by Crippen LogP contribution is -2.03. The van der Waals surface area contributed by atoms with E-state index in [2.05, 4.69) is 64.1 Å². The van der Waals surface area contributed by atoms with Gasteiger partial charge in [-0.15, -0.1) is 0 Å². The molecule has 0 aliphatic carbocycles. The molecule has 150 valence electrons. The third kappa shape index (κ3) is 5.43. The molecule has 0 radical (unpaired) electrons. The van der Waals surface area contributed by atoms with Gasteiger partial charge >= 0.3 is 0 Å². The lowest BCUT2D eigenvalue weighted by atomic mass is 9.83. The maximum atomic E-state index is 10.4. The molecule has 0 bridgehead atoms. The van der Waals surface area contributed by atoms with Gasteiger partial charge < -0.3 is 0 Å². The van der Waals surface area contributed by atoms with Crippen LogP contribution in [0.15, 0.2) is 71.6 Å². The van der Waals surface area contributed by atoms with E-state index in [1.807, 2.05) is 0 Å². The SMILES string of the molecule is CCC(C)c1ccc2ccccc2c1C(C)CC.O=S(=O)(O)c1ccccc1. The zero-order valence-electron chi connectivity index (χ0n) is 17.1. The molecular weight excluding hydrogens is 368 g/mol. The van der Waals surface area contributed by atoms with Crippen LogP contribution in [0.25, 0.3) is 10.8 Å². The average Bonchev–Trinajstić information content (AvgIpc) is 2.72. The fourth-order valence-electron chi connectivity index (χ4n) is 3.31. The minimum absolute atomic E-state index is 0.0741.